The number of benzene rings is 1. The van der Waals surface area contributed by atoms with Gasteiger partial charge in [0.05, 0.1) is 18.6 Å². The van der Waals surface area contributed by atoms with E-state index in [0.717, 1.165) is 24.8 Å². The summed E-state index contributed by atoms with van der Waals surface area (Å²) >= 11 is 0. The molecule has 0 saturated carbocycles. The van der Waals surface area contributed by atoms with E-state index in [2.05, 4.69) is 12.2 Å². The molecule has 0 fully saturated rings. The number of nitrogens with zero attached hydrogens (tertiary/aromatic N) is 1. The van der Waals surface area contributed by atoms with Gasteiger partial charge < -0.3 is 25.2 Å². The number of ketones is 1. The fourth-order valence-corrected chi connectivity index (χ4v) is 4.60. The minimum absolute atomic E-state index is 0.0641. The maximum atomic E-state index is 13.0. The summed E-state index contributed by atoms with van der Waals surface area (Å²) < 4.78 is 6.05. The summed E-state index contributed by atoms with van der Waals surface area (Å²) in [6, 6.07) is 6.43. The molecule has 0 aromatic heterocycles. The zero-order valence-electron chi connectivity index (χ0n) is 19.3. The van der Waals surface area contributed by atoms with Crippen LogP contribution in [0.15, 0.2) is 35.9 Å². The third-order valence-corrected chi connectivity index (χ3v) is 6.31. The third kappa shape index (κ3) is 5.28. The Morgan fingerprint density at radius 2 is 1.88 bits per heavy atom. The maximum Gasteiger partial charge on any atom is 0.290 e. The summed E-state index contributed by atoms with van der Waals surface area (Å²) in [5.74, 6) is -1.51. The van der Waals surface area contributed by atoms with Crippen LogP contribution >= 0.6 is 0 Å². The Morgan fingerprint density at radius 1 is 1.12 bits per heavy atom. The van der Waals surface area contributed by atoms with Gasteiger partial charge in [0.25, 0.3) is 5.91 Å². The van der Waals surface area contributed by atoms with E-state index in [1.165, 1.54) is 4.90 Å². The third-order valence-electron chi connectivity index (χ3n) is 6.31. The number of nitrogens with one attached hydrogen (secondary N) is 1. The highest BCUT2D eigenvalue weighted by atomic mass is 16.5. The average molecular weight is 459 g/mol. The lowest BCUT2D eigenvalue weighted by Gasteiger charge is -2.40. The second kappa shape index (κ2) is 11.4. The molecule has 1 aliphatic carbocycles. The molecule has 0 radical (unpaired) electrons. The average Bonchev–Trinajstić information content (AvgIpc) is 3.22. The highest BCUT2D eigenvalue weighted by Crippen LogP contribution is 2.47. The molecule has 0 spiro atoms. The van der Waals surface area contributed by atoms with Gasteiger partial charge in [-0.25, -0.2) is 0 Å². The van der Waals surface area contributed by atoms with Crippen LogP contribution in [0.3, 0.4) is 0 Å². The van der Waals surface area contributed by atoms with Crippen LogP contribution < -0.4 is 10.1 Å². The molecule has 3 N–H and O–H groups in total. The molecule has 0 bridgehead atoms. The van der Waals surface area contributed by atoms with E-state index >= 15 is 0 Å². The molecule has 4 atom stereocenters. The van der Waals surface area contributed by atoms with Crippen LogP contribution in [0.25, 0.3) is 0 Å². The zero-order valence-corrected chi connectivity index (χ0v) is 19.3. The zero-order chi connectivity index (χ0) is 24.0. The Morgan fingerprint density at radius 3 is 2.58 bits per heavy atom. The van der Waals surface area contributed by atoms with Gasteiger partial charge in [-0.2, -0.15) is 0 Å². The number of fused-ring (bicyclic) bond motifs is 3. The molecule has 180 valence electrons. The number of Topliss-reactive ketones (excluding diaryl/α,β-unsaturated/α-hetero) is 1. The van der Waals surface area contributed by atoms with Crippen molar-refractivity contribution in [3.63, 3.8) is 0 Å². The second-order valence-corrected chi connectivity index (χ2v) is 8.52. The fraction of sp³-hybridized carbons (Fsp3) is 0.560. The number of hydrogen-bond acceptors (Lipinski definition) is 6. The lowest BCUT2D eigenvalue weighted by molar-refractivity contribution is -0.148. The first-order chi connectivity index (χ1) is 15.9. The van der Waals surface area contributed by atoms with Crippen molar-refractivity contribution in [2.75, 3.05) is 19.7 Å². The number of hydrogen-bond donors (Lipinski definition) is 3. The second-order valence-electron chi connectivity index (χ2n) is 8.52. The van der Waals surface area contributed by atoms with Gasteiger partial charge in [-0.3, -0.25) is 14.4 Å². The molecule has 8 heteroatoms. The maximum absolute atomic E-state index is 13.0. The van der Waals surface area contributed by atoms with Crippen LogP contribution in [-0.4, -0.2) is 70.7 Å². The van der Waals surface area contributed by atoms with Gasteiger partial charge in [0, 0.05) is 30.6 Å². The number of para-hydroxylation sites is 1. The molecule has 0 saturated heterocycles. The molecule has 1 aliphatic heterocycles. The van der Waals surface area contributed by atoms with Gasteiger partial charge in [-0.05, 0) is 18.6 Å². The first-order valence-corrected chi connectivity index (χ1v) is 11.8. The van der Waals surface area contributed by atoms with Crippen molar-refractivity contribution in [2.24, 2.45) is 0 Å². The van der Waals surface area contributed by atoms with Crippen molar-refractivity contribution in [2.45, 2.75) is 70.1 Å². The van der Waals surface area contributed by atoms with E-state index in [-0.39, 0.29) is 19.6 Å². The Bertz CT molecular complexity index is 899. The molecule has 1 aromatic rings. The number of amides is 2. The number of aliphatic hydroxyl groups excluding tert-OH is 2. The van der Waals surface area contributed by atoms with E-state index in [1.54, 1.807) is 19.1 Å². The molecule has 0 unspecified atom stereocenters. The van der Waals surface area contributed by atoms with E-state index in [1.807, 2.05) is 18.2 Å². The van der Waals surface area contributed by atoms with E-state index < -0.39 is 41.8 Å². The van der Waals surface area contributed by atoms with Crippen LogP contribution in [0.5, 0.6) is 5.75 Å². The van der Waals surface area contributed by atoms with Crippen molar-refractivity contribution in [1.82, 2.24) is 10.2 Å². The number of carbonyl (C=O) groups excluding carboxylic acids is 3. The van der Waals surface area contributed by atoms with Crippen LogP contribution in [0, 0.1) is 0 Å². The van der Waals surface area contributed by atoms with Crippen molar-refractivity contribution in [3.05, 3.63) is 41.5 Å². The summed E-state index contributed by atoms with van der Waals surface area (Å²) in [5, 5.41) is 23.1. The van der Waals surface area contributed by atoms with Gasteiger partial charge in [0.1, 0.15) is 18.0 Å². The number of carbonyl (C=O) groups is 3. The first kappa shape index (κ1) is 24.9. The highest BCUT2D eigenvalue weighted by molar-refractivity contribution is 6.36. The van der Waals surface area contributed by atoms with E-state index in [0.29, 0.717) is 24.3 Å². The van der Waals surface area contributed by atoms with Crippen molar-refractivity contribution in [1.29, 1.82) is 0 Å². The minimum Gasteiger partial charge on any atom is -0.486 e. The number of aliphatic hydroxyl groups is 2. The van der Waals surface area contributed by atoms with Crippen LogP contribution in [0.1, 0.15) is 57.4 Å². The summed E-state index contributed by atoms with van der Waals surface area (Å²) in [6.07, 6.45) is 3.40. The standard InChI is InChI=1S/C25H34N2O6/c1-3-5-6-9-13-27(25(32)19(29)4-2)18-15-17(24(31)26-12-14-28)21-16-10-7-8-11-20(16)33-23(21)22(18)30/h7-8,10-11,15,18,21-23,28,30H,3-6,9,12-14H2,1-2H3,(H,26,31)/t18-,21+,22+,23+/m1/s1. The van der Waals surface area contributed by atoms with Crippen LogP contribution in [0.4, 0.5) is 0 Å². The lowest BCUT2D eigenvalue weighted by Crippen LogP contribution is -2.57. The van der Waals surface area contributed by atoms with E-state index in [4.69, 9.17) is 9.84 Å². The topological polar surface area (TPSA) is 116 Å². The lowest BCUT2D eigenvalue weighted by atomic mass is 9.77. The van der Waals surface area contributed by atoms with E-state index in [9.17, 15) is 19.5 Å². The van der Waals surface area contributed by atoms with Crippen molar-refractivity contribution in [3.8, 4) is 5.75 Å². The Balaban J connectivity index is 1.99. The van der Waals surface area contributed by atoms with Crippen molar-refractivity contribution < 1.29 is 29.3 Å². The molecule has 2 amide bonds. The molecule has 2 aliphatic rings. The van der Waals surface area contributed by atoms with Gasteiger partial charge in [-0.15, -0.1) is 0 Å². The molecule has 33 heavy (non-hydrogen) atoms. The number of unbranched alkanes of at least 4 members (excludes halogenated alkanes) is 3. The normalized spacial score (nSPS) is 23.1. The van der Waals surface area contributed by atoms with Crippen LogP contribution in [0.2, 0.25) is 0 Å². The summed E-state index contributed by atoms with van der Waals surface area (Å²) in [4.78, 5) is 39.8. The Kier molecular flexibility index (Phi) is 8.63. The fourth-order valence-electron chi connectivity index (χ4n) is 4.60. The predicted octanol–water partition coefficient (Wildman–Crippen LogP) is 1.70. The van der Waals surface area contributed by atoms with Gasteiger partial charge in [0.15, 0.2) is 0 Å². The summed E-state index contributed by atoms with van der Waals surface area (Å²) in [6.45, 7) is 3.89. The Labute approximate surface area is 194 Å². The Hall–Kier alpha value is -2.71. The number of ether oxygens (including phenoxy) is 1. The molecule has 1 heterocycles. The smallest absolute Gasteiger partial charge is 0.290 e. The van der Waals surface area contributed by atoms with Gasteiger partial charge in [0.2, 0.25) is 11.7 Å². The van der Waals surface area contributed by atoms with Crippen molar-refractivity contribution >= 4 is 17.6 Å². The minimum atomic E-state index is -1.11. The highest BCUT2D eigenvalue weighted by Gasteiger charge is 2.50. The molecule has 8 nitrogen and oxygen atoms in total. The molecular weight excluding hydrogens is 424 g/mol. The largest absolute Gasteiger partial charge is 0.486 e. The SMILES string of the molecule is CCCCCCN(C(=O)C(=O)CC)[C@@H]1C=C(C(=O)NCCO)[C@@H]2c3ccccc3O[C@@H]2[C@H]1O. The number of rotatable bonds is 11. The predicted molar refractivity (Wildman–Crippen MR) is 123 cm³/mol. The summed E-state index contributed by atoms with van der Waals surface area (Å²) in [7, 11) is 0. The monoisotopic (exact) mass is 458 g/mol. The molecular formula is C25H34N2O6. The van der Waals surface area contributed by atoms with Gasteiger partial charge >= 0.3 is 0 Å². The van der Waals surface area contributed by atoms with Gasteiger partial charge in [-0.1, -0.05) is 51.3 Å². The molecule has 3 rings (SSSR count). The molecule has 1 aromatic carbocycles. The quantitative estimate of drug-likeness (QED) is 0.343. The summed E-state index contributed by atoms with van der Waals surface area (Å²) in [5.41, 5.74) is 1.15. The van der Waals surface area contributed by atoms with Crippen LogP contribution in [-0.2, 0) is 14.4 Å². The first-order valence-electron chi connectivity index (χ1n) is 11.8.